The standard InChI is InChI=1S/C50H40N4OSi/c1-50(2)39-22-14-15-23-41(39)54(38-20-12-7-13-21-38)42-30-35(24-27-40(42)50)36-25-28-43-45(31-36)56(3,4)46-32-37(26-29-44(46)55-43)49-52-47(33-16-8-5-9-17-33)51-48(53-49)34-18-10-6-11-19-34/h5-32H,1-4H3. The molecule has 0 unspecified atom stereocenters. The summed E-state index contributed by atoms with van der Waals surface area (Å²) in [7, 11) is -2.29. The first-order valence-electron chi connectivity index (χ1n) is 19.2. The van der Waals surface area contributed by atoms with E-state index >= 15 is 0 Å². The second-order valence-electron chi connectivity index (χ2n) is 15.7. The maximum atomic E-state index is 6.69. The van der Waals surface area contributed by atoms with Gasteiger partial charge in [-0.3, -0.25) is 0 Å². The van der Waals surface area contributed by atoms with Crippen LogP contribution in [0.15, 0.2) is 170 Å². The molecule has 270 valence electrons. The molecule has 8 aromatic rings. The van der Waals surface area contributed by atoms with Crippen LogP contribution in [0.2, 0.25) is 13.1 Å². The van der Waals surface area contributed by atoms with E-state index in [1.807, 2.05) is 60.7 Å². The number of hydrogen-bond donors (Lipinski definition) is 0. The van der Waals surface area contributed by atoms with Crippen LogP contribution in [0.4, 0.5) is 17.1 Å². The molecule has 10 rings (SSSR count). The van der Waals surface area contributed by atoms with E-state index in [0.29, 0.717) is 17.5 Å². The predicted molar refractivity (Wildman–Crippen MR) is 232 cm³/mol. The van der Waals surface area contributed by atoms with Crippen molar-refractivity contribution in [2.45, 2.75) is 32.4 Å². The van der Waals surface area contributed by atoms with Crippen molar-refractivity contribution in [1.29, 1.82) is 0 Å². The van der Waals surface area contributed by atoms with Crippen LogP contribution in [0.5, 0.6) is 11.5 Å². The van der Waals surface area contributed by atoms with E-state index in [-0.39, 0.29) is 5.41 Å². The fraction of sp³-hybridized carbons (Fsp3) is 0.100. The van der Waals surface area contributed by atoms with Crippen LogP contribution in [-0.2, 0) is 5.41 Å². The molecular weight excluding hydrogens is 701 g/mol. The third-order valence-electron chi connectivity index (χ3n) is 11.6. The predicted octanol–water partition coefficient (Wildman–Crippen LogP) is 11.6. The number of anilines is 3. The molecule has 1 aromatic heterocycles. The molecule has 2 aliphatic rings. The average molecular weight is 741 g/mol. The van der Waals surface area contributed by atoms with Gasteiger partial charge in [0.05, 0.1) is 11.4 Å². The minimum atomic E-state index is -2.29. The summed E-state index contributed by atoms with van der Waals surface area (Å²) in [5.74, 6) is 3.78. The fourth-order valence-electron chi connectivity index (χ4n) is 8.49. The highest BCUT2D eigenvalue weighted by Gasteiger charge is 2.39. The number of hydrogen-bond acceptors (Lipinski definition) is 5. The molecule has 0 N–H and O–H groups in total. The lowest BCUT2D eigenvalue weighted by atomic mass is 9.73. The van der Waals surface area contributed by atoms with Gasteiger partial charge in [0.1, 0.15) is 19.6 Å². The Morgan fingerprint density at radius 2 is 0.911 bits per heavy atom. The molecule has 0 atom stereocenters. The molecule has 7 aromatic carbocycles. The number of ether oxygens (including phenoxy) is 1. The first-order valence-corrected chi connectivity index (χ1v) is 22.2. The Balaban J connectivity index is 1.06. The van der Waals surface area contributed by atoms with Gasteiger partial charge in [0, 0.05) is 27.8 Å². The van der Waals surface area contributed by atoms with Crippen molar-refractivity contribution in [2.75, 3.05) is 4.90 Å². The van der Waals surface area contributed by atoms with E-state index in [4.69, 9.17) is 19.7 Å². The summed E-state index contributed by atoms with van der Waals surface area (Å²) in [6.45, 7) is 9.51. The lowest BCUT2D eigenvalue weighted by molar-refractivity contribution is 0.487. The zero-order valence-corrected chi connectivity index (χ0v) is 32.9. The zero-order valence-electron chi connectivity index (χ0n) is 31.9. The summed E-state index contributed by atoms with van der Waals surface area (Å²) in [5.41, 5.74) is 11.3. The van der Waals surface area contributed by atoms with Crippen molar-refractivity contribution >= 4 is 35.5 Å². The second kappa shape index (κ2) is 13.0. The van der Waals surface area contributed by atoms with Crippen LogP contribution in [0.1, 0.15) is 25.0 Å². The molecule has 0 radical (unpaired) electrons. The lowest BCUT2D eigenvalue weighted by Crippen LogP contribution is -2.56. The van der Waals surface area contributed by atoms with E-state index in [1.54, 1.807) is 0 Å². The summed E-state index contributed by atoms with van der Waals surface area (Å²) in [6.07, 6.45) is 0. The molecule has 5 nitrogen and oxygen atoms in total. The quantitative estimate of drug-likeness (QED) is 0.164. The monoisotopic (exact) mass is 740 g/mol. The van der Waals surface area contributed by atoms with Crippen molar-refractivity contribution < 1.29 is 4.74 Å². The van der Waals surface area contributed by atoms with E-state index in [9.17, 15) is 0 Å². The molecule has 0 aliphatic carbocycles. The van der Waals surface area contributed by atoms with Gasteiger partial charge in [-0.1, -0.05) is 148 Å². The minimum absolute atomic E-state index is 0.155. The molecule has 56 heavy (non-hydrogen) atoms. The SMILES string of the molecule is CC1(C)c2ccccc2N(c2ccccc2)c2cc(-c3ccc4c(c3)[Si](C)(C)c3cc(-c5nc(-c6ccccc6)nc(-c6ccccc6)n5)ccc3O4)ccc21. The van der Waals surface area contributed by atoms with Crippen LogP contribution in [0.3, 0.4) is 0 Å². The first kappa shape index (κ1) is 33.9. The van der Waals surface area contributed by atoms with Gasteiger partial charge in [-0.05, 0) is 81.2 Å². The van der Waals surface area contributed by atoms with Crippen molar-refractivity contribution in [3.63, 3.8) is 0 Å². The minimum Gasteiger partial charge on any atom is -0.458 e. The average Bonchev–Trinajstić information content (AvgIpc) is 3.24. The number of rotatable bonds is 5. The first-order chi connectivity index (χ1) is 27.3. The van der Waals surface area contributed by atoms with E-state index in [2.05, 4.69) is 141 Å². The topological polar surface area (TPSA) is 51.1 Å². The van der Waals surface area contributed by atoms with Gasteiger partial charge >= 0.3 is 0 Å². The molecule has 2 aliphatic heterocycles. The Hall–Kier alpha value is -6.63. The molecule has 0 fully saturated rings. The molecule has 0 saturated carbocycles. The van der Waals surface area contributed by atoms with Crippen molar-refractivity contribution in [3.05, 3.63) is 181 Å². The van der Waals surface area contributed by atoms with E-state index in [0.717, 1.165) is 33.9 Å². The third kappa shape index (κ3) is 5.56. The molecular formula is C50H40N4OSi. The van der Waals surface area contributed by atoms with Gasteiger partial charge in [-0.25, -0.2) is 15.0 Å². The molecule has 0 amide bonds. The number of benzene rings is 7. The Morgan fingerprint density at radius 1 is 0.446 bits per heavy atom. The molecule has 3 heterocycles. The number of nitrogens with zero attached hydrogens (tertiary/aromatic N) is 4. The molecule has 0 spiro atoms. The van der Waals surface area contributed by atoms with Crippen LogP contribution < -0.4 is 20.0 Å². The van der Waals surface area contributed by atoms with Crippen molar-refractivity contribution in [3.8, 4) is 56.8 Å². The van der Waals surface area contributed by atoms with Gasteiger partial charge in [-0.2, -0.15) is 0 Å². The maximum Gasteiger partial charge on any atom is 0.164 e. The van der Waals surface area contributed by atoms with Gasteiger partial charge in [0.25, 0.3) is 0 Å². The van der Waals surface area contributed by atoms with Gasteiger partial charge < -0.3 is 9.64 Å². The van der Waals surface area contributed by atoms with Crippen LogP contribution in [0.25, 0.3) is 45.3 Å². The summed E-state index contributed by atoms with van der Waals surface area (Å²) >= 11 is 0. The number of aromatic nitrogens is 3. The highest BCUT2D eigenvalue weighted by atomic mass is 28.3. The van der Waals surface area contributed by atoms with Crippen molar-refractivity contribution in [1.82, 2.24) is 15.0 Å². The third-order valence-corrected chi connectivity index (χ3v) is 15.0. The van der Waals surface area contributed by atoms with Gasteiger partial charge in [0.15, 0.2) is 17.5 Å². The van der Waals surface area contributed by atoms with E-state index < -0.39 is 8.07 Å². The Kier molecular flexibility index (Phi) is 7.87. The van der Waals surface area contributed by atoms with Gasteiger partial charge in [-0.15, -0.1) is 0 Å². The number of fused-ring (bicyclic) bond motifs is 4. The summed E-state index contributed by atoms with van der Waals surface area (Å²) in [6, 6.07) is 59.9. The smallest absolute Gasteiger partial charge is 0.164 e. The lowest BCUT2D eigenvalue weighted by Gasteiger charge is -2.42. The van der Waals surface area contributed by atoms with Crippen LogP contribution >= 0.6 is 0 Å². The summed E-state index contributed by atoms with van der Waals surface area (Å²) < 4.78 is 6.69. The largest absolute Gasteiger partial charge is 0.458 e. The normalized spacial score (nSPS) is 14.5. The zero-order chi connectivity index (χ0) is 38.0. The van der Waals surface area contributed by atoms with Crippen LogP contribution in [0, 0.1) is 0 Å². The summed E-state index contributed by atoms with van der Waals surface area (Å²) in [5, 5.41) is 2.50. The second-order valence-corrected chi connectivity index (χ2v) is 20.1. The molecule has 0 saturated heterocycles. The number of para-hydroxylation sites is 2. The Bertz CT molecular complexity index is 2730. The highest BCUT2D eigenvalue weighted by Crippen LogP contribution is 2.52. The fourth-order valence-corrected chi connectivity index (χ4v) is 11.3. The Morgan fingerprint density at radius 3 is 1.54 bits per heavy atom. The highest BCUT2D eigenvalue weighted by molar-refractivity contribution is 7.01. The Labute approximate surface area is 329 Å². The molecule has 0 bridgehead atoms. The molecule has 6 heteroatoms. The van der Waals surface area contributed by atoms with Gasteiger partial charge in [0.2, 0.25) is 0 Å². The van der Waals surface area contributed by atoms with Crippen molar-refractivity contribution in [2.24, 2.45) is 0 Å². The van der Waals surface area contributed by atoms with E-state index in [1.165, 1.54) is 44.0 Å². The van der Waals surface area contributed by atoms with Crippen LogP contribution in [-0.4, -0.2) is 23.0 Å². The summed E-state index contributed by atoms with van der Waals surface area (Å²) in [4.78, 5) is 17.4. The maximum absolute atomic E-state index is 6.69.